The van der Waals surface area contributed by atoms with E-state index in [1.807, 2.05) is 38.1 Å². The van der Waals surface area contributed by atoms with Crippen molar-refractivity contribution in [3.8, 4) is 62.9 Å². The number of aromatic nitrogens is 3. The smallest absolute Gasteiger partial charge is 0.314 e. The summed E-state index contributed by atoms with van der Waals surface area (Å²) in [5, 5.41) is 22.8. The first-order chi connectivity index (χ1) is 29.1. The molecule has 0 fully saturated rings. The molecule has 18 heteroatoms. The van der Waals surface area contributed by atoms with Gasteiger partial charge in [0.15, 0.2) is 51.5 Å². The van der Waals surface area contributed by atoms with Crippen molar-refractivity contribution in [2.24, 2.45) is 11.8 Å². The fraction of sp³-hybridized carbons (Fsp3) is 0.533. The van der Waals surface area contributed by atoms with E-state index in [4.69, 9.17) is 45.6 Å². The van der Waals surface area contributed by atoms with Gasteiger partial charge in [-0.05, 0) is 158 Å². The summed E-state index contributed by atoms with van der Waals surface area (Å²) in [5.41, 5.74) is 1.48. The van der Waals surface area contributed by atoms with E-state index in [1.165, 1.54) is 0 Å². The van der Waals surface area contributed by atoms with Gasteiger partial charge in [-0.25, -0.2) is 15.0 Å². The Hall–Kier alpha value is -3.19. The van der Waals surface area contributed by atoms with Crippen LogP contribution in [-0.2, 0) is 16.5 Å². The number of phenols is 2. The van der Waals surface area contributed by atoms with Crippen molar-refractivity contribution in [1.82, 2.24) is 15.0 Å². The predicted octanol–water partition coefficient (Wildman–Crippen LogP) is 12.3. The monoisotopic (exact) mass is 970 g/mol. The normalized spacial score (nSPS) is 14.3. The number of hydrogen-bond acceptors (Lipinski definition) is 12. The lowest BCUT2D eigenvalue weighted by Crippen LogP contribution is -2.53. The summed E-state index contributed by atoms with van der Waals surface area (Å²) in [6, 6.07) is 19.2. The molecular weight excluding hydrogens is 895 g/mol. The molecule has 0 aliphatic carbocycles. The van der Waals surface area contributed by atoms with Crippen LogP contribution >= 0.6 is 0 Å². The third-order valence-corrected chi connectivity index (χ3v) is 27.7. The molecular formula is C45H76N3O9Si6. The molecule has 3 aromatic carbocycles. The standard InChI is InChI=1S/C43H70N3O9Si6.C2H6/c1-31(29-60(15,52-56(4)5)53-57(6,7)8)27-50-35-21-23-37(39(47)25-35)42-44-41(33-17-19-34(49-3)20-18-33)45-43(46-42)38-24-22-36(26-40(38)48)51-28-32(2)30-61(16,54-58(9,10)11)55-59(12,13)14;1-2/h17-26,31-32,47-48H,27-30H2,1-16H3;1-2H3. The number of nitrogens with zero attached hydrogens (tertiary/aromatic N) is 3. The Morgan fingerprint density at radius 1 is 0.540 bits per heavy atom. The van der Waals surface area contributed by atoms with Crippen LogP contribution in [0, 0.1) is 11.8 Å². The van der Waals surface area contributed by atoms with Crippen LogP contribution < -0.4 is 14.2 Å². The lowest BCUT2D eigenvalue weighted by atomic mass is 10.1. The fourth-order valence-electron chi connectivity index (χ4n) is 7.51. The SMILES string of the molecule is CC.COc1ccc(-c2nc(-c3ccc(OCC(C)C[Si](C)(O[Si](C)C)O[Si](C)(C)C)cc3O)nc(-c3ccc(OCC(C)C[Si](C)(O[Si](C)(C)C)O[Si](C)(C)C)cc3O)n2)cc1. The summed E-state index contributed by atoms with van der Waals surface area (Å²) < 4.78 is 44.4. The Balaban J connectivity index is 0.00000520. The maximum absolute atomic E-state index is 11.4. The molecule has 4 aromatic rings. The number of hydrogen-bond donors (Lipinski definition) is 2. The van der Waals surface area contributed by atoms with Gasteiger partial charge in [0, 0.05) is 17.7 Å². The van der Waals surface area contributed by atoms with Gasteiger partial charge in [0.1, 0.15) is 28.7 Å². The molecule has 2 N–H and O–H groups in total. The molecule has 1 aromatic heterocycles. The first kappa shape index (κ1) is 54.1. The Bertz CT molecular complexity index is 2040. The van der Waals surface area contributed by atoms with Crippen molar-refractivity contribution >= 4 is 51.1 Å². The van der Waals surface area contributed by atoms with Gasteiger partial charge in [0.25, 0.3) is 0 Å². The van der Waals surface area contributed by atoms with E-state index in [2.05, 4.69) is 99.0 Å². The average Bonchev–Trinajstić information content (AvgIpc) is 3.14. The van der Waals surface area contributed by atoms with Crippen LogP contribution in [0.4, 0.5) is 0 Å². The third kappa shape index (κ3) is 18.3. The molecule has 0 amide bonds. The van der Waals surface area contributed by atoms with Gasteiger partial charge in [-0.15, -0.1) is 0 Å². The molecule has 63 heavy (non-hydrogen) atoms. The van der Waals surface area contributed by atoms with Crippen LogP contribution in [0.15, 0.2) is 60.7 Å². The van der Waals surface area contributed by atoms with Crippen LogP contribution in [0.25, 0.3) is 34.2 Å². The zero-order valence-corrected chi connectivity index (χ0v) is 47.4. The van der Waals surface area contributed by atoms with Crippen molar-refractivity contribution in [2.75, 3.05) is 20.3 Å². The summed E-state index contributed by atoms with van der Waals surface area (Å²) in [6.07, 6.45) is 0. The molecule has 0 saturated carbocycles. The summed E-state index contributed by atoms with van der Waals surface area (Å²) in [5.74, 6) is 2.77. The molecule has 3 atom stereocenters. The minimum atomic E-state index is -2.46. The molecule has 0 aliphatic rings. The quantitative estimate of drug-likeness (QED) is 0.0724. The van der Waals surface area contributed by atoms with E-state index in [1.54, 1.807) is 43.5 Å². The number of rotatable bonds is 22. The van der Waals surface area contributed by atoms with Crippen LogP contribution in [0.2, 0.25) is 97.2 Å². The zero-order chi connectivity index (χ0) is 47.6. The van der Waals surface area contributed by atoms with Crippen LogP contribution in [-0.4, -0.2) is 96.6 Å². The van der Waals surface area contributed by atoms with Gasteiger partial charge in [0.2, 0.25) is 0 Å². The molecule has 0 bridgehead atoms. The van der Waals surface area contributed by atoms with Crippen molar-refractivity contribution in [3.63, 3.8) is 0 Å². The first-order valence-electron chi connectivity index (χ1n) is 22.1. The Labute approximate surface area is 385 Å². The van der Waals surface area contributed by atoms with E-state index in [0.717, 1.165) is 12.1 Å². The largest absolute Gasteiger partial charge is 0.507 e. The third-order valence-electron chi connectivity index (χ3n) is 8.90. The summed E-state index contributed by atoms with van der Waals surface area (Å²) in [4.78, 5) is 14.3. The number of benzene rings is 3. The van der Waals surface area contributed by atoms with Crippen molar-refractivity contribution in [3.05, 3.63) is 60.7 Å². The maximum Gasteiger partial charge on any atom is 0.314 e. The minimum absolute atomic E-state index is 0.0523. The predicted molar refractivity (Wildman–Crippen MR) is 271 cm³/mol. The number of phenolic OH excluding ortho intramolecular Hbond substituents is 2. The van der Waals surface area contributed by atoms with Crippen molar-refractivity contribution < 1.29 is 40.9 Å². The van der Waals surface area contributed by atoms with E-state index in [9.17, 15) is 10.2 Å². The van der Waals surface area contributed by atoms with Gasteiger partial charge in [0.05, 0.1) is 31.5 Å². The highest BCUT2D eigenvalue weighted by atomic mass is 28.5. The molecule has 3 unspecified atom stereocenters. The maximum atomic E-state index is 11.4. The molecule has 0 spiro atoms. The molecule has 1 radical (unpaired) electrons. The van der Waals surface area contributed by atoms with Gasteiger partial charge >= 0.3 is 17.1 Å². The van der Waals surface area contributed by atoms with E-state index in [-0.39, 0.29) is 35.0 Å². The Morgan fingerprint density at radius 3 is 1.27 bits per heavy atom. The van der Waals surface area contributed by atoms with E-state index in [0.29, 0.717) is 53.0 Å². The van der Waals surface area contributed by atoms with E-state index < -0.39 is 51.1 Å². The summed E-state index contributed by atoms with van der Waals surface area (Å²) >= 11 is 0. The second-order valence-corrected chi connectivity index (χ2v) is 42.7. The van der Waals surface area contributed by atoms with Crippen LogP contribution in [0.5, 0.6) is 28.7 Å². The van der Waals surface area contributed by atoms with Gasteiger partial charge in [-0.3, -0.25) is 0 Å². The summed E-state index contributed by atoms with van der Waals surface area (Å²) in [6.45, 7) is 37.6. The fourth-order valence-corrected chi connectivity index (χ4v) is 31.7. The second kappa shape index (κ2) is 22.8. The minimum Gasteiger partial charge on any atom is -0.507 e. The van der Waals surface area contributed by atoms with Crippen LogP contribution in [0.1, 0.15) is 27.7 Å². The molecule has 0 saturated heterocycles. The average molecular weight is 972 g/mol. The van der Waals surface area contributed by atoms with Crippen molar-refractivity contribution in [1.29, 1.82) is 0 Å². The molecule has 349 valence electrons. The molecule has 12 nitrogen and oxygen atoms in total. The van der Waals surface area contributed by atoms with Gasteiger partial charge < -0.3 is 40.9 Å². The zero-order valence-electron chi connectivity index (χ0n) is 41.4. The Morgan fingerprint density at radius 2 is 0.905 bits per heavy atom. The summed E-state index contributed by atoms with van der Waals surface area (Å²) in [7, 11) is -9.69. The topological polar surface area (TPSA) is 144 Å². The van der Waals surface area contributed by atoms with Crippen molar-refractivity contribution in [2.45, 2.75) is 125 Å². The lowest BCUT2D eigenvalue weighted by Gasteiger charge is -2.39. The second-order valence-electron chi connectivity index (χ2n) is 19.6. The number of aromatic hydroxyl groups is 2. The van der Waals surface area contributed by atoms with Gasteiger partial charge in [-0.2, -0.15) is 0 Å². The lowest BCUT2D eigenvalue weighted by molar-refractivity contribution is 0.258. The number of ether oxygens (including phenoxy) is 3. The molecule has 1 heterocycles. The molecule has 4 rings (SSSR count). The number of methoxy groups -OCH3 is 1. The van der Waals surface area contributed by atoms with Crippen LogP contribution in [0.3, 0.4) is 0 Å². The van der Waals surface area contributed by atoms with E-state index >= 15 is 0 Å². The molecule has 0 aliphatic heterocycles. The first-order valence-corrected chi connectivity index (χ1v) is 39.7. The highest BCUT2D eigenvalue weighted by molar-refractivity contribution is 6.87. The highest BCUT2D eigenvalue weighted by Gasteiger charge is 2.42. The Kier molecular flexibility index (Phi) is 19.6. The van der Waals surface area contributed by atoms with Gasteiger partial charge in [-0.1, -0.05) is 27.7 Å². The highest BCUT2D eigenvalue weighted by Crippen LogP contribution is 2.37.